The minimum atomic E-state index is 0.0279. The van der Waals surface area contributed by atoms with Crippen molar-refractivity contribution in [3.63, 3.8) is 0 Å². The van der Waals surface area contributed by atoms with Crippen LogP contribution in [0.1, 0.15) is 26.2 Å². The van der Waals surface area contributed by atoms with Crippen molar-refractivity contribution in [2.75, 3.05) is 18.5 Å². The Morgan fingerprint density at radius 3 is 2.89 bits per heavy atom. The fourth-order valence-electron chi connectivity index (χ4n) is 1.42. The number of amides is 1. The first kappa shape index (κ1) is 13.8. The summed E-state index contributed by atoms with van der Waals surface area (Å²) in [6.45, 7) is 2.71. The van der Waals surface area contributed by atoms with E-state index < -0.39 is 0 Å². The Kier molecular flexibility index (Phi) is 4.73. The molecule has 1 fully saturated rings. The molecular weight excluding hydrogens is 270 g/mol. The summed E-state index contributed by atoms with van der Waals surface area (Å²) in [5, 5.41) is 5.88. The molecule has 0 spiro atoms. The second-order valence-electron chi connectivity index (χ2n) is 4.16. The molecule has 1 aliphatic carbocycles. The van der Waals surface area contributed by atoms with E-state index in [2.05, 4.69) is 25.6 Å². The molecule has 0 bridgehead atoms. The third-order valence-corrected chi connectivity index (χ3v) is 2.61. The van der Waals surface area contributed by atoms with E-state index in [0.29, 0.717) is 31.6 Å². The number of nitrogens with one attached hydrogen (secondary N) is 2. The van der Waals surface area contributed by atoms with Crippen molar-refractivity contribution in [3.8, 4) is 6.01 Å². The number of hydrogen-bond acceptors (Lipinski definition) is 6. The summed E-state index contributed by atoms with van der Waals surface area (Å²) in [5.74, 6) is 0.336. The molecule has 104 valence electrons. The minimum Gasteiger partial charge on any atom is -0.464 e. The lowest BCUT2D eigenvalue weighted by atomic mass is 10.4. The van der Waals surface area contributed by atoms with Gasteiger partial charge in [0.25, 0.3) is 0 Å². The highest BCUT2D eigenvalue weighted by atomic mass is 35.5. The van der Waals surface area contributed by atoms with Gasteiger partial charge in [0.1, 0.15) is 0 Å². The highest BCUT2D eigenvalue weighted by molar-refractivity contribution is 6.28. The van der Waals surface area contributed by atoms with Crippen LogP contribution in [-0.4, -0.2) is 40.1 Å². The highest BCUT2D eigenvalue weighted by Crippen LogP contribution is 2.18. The Morgan fingerprint density at radius 1 is 1.42 bits per heavy atom. The summed E-state index contributed by atoms with van der Waals surface area (Å²) in [4.78, 5) is 23.2. The zero-order valence-electron chi connectivity index (χ0n) is 10.6. The van der Waals surface area contributed by atoms with E-state index in [9.17, 15) is 4.79 Å². The van der Waals surface area contributed by atoms with Crippen LogP contribution in [0, 0.1) is 0 Å². The smallest absolute Gasteiger partial charge is 0.322 e. The Bertz CT molecular complexity index is 453. The Hall–Kier alpha value is -1.63. The van der Waals surface area contributed by atoms with Gasteiger partial charge in [-0.05, 0) is 31.4 Å². The topological polar surface area (TPSA) is 89.0 Å². The molecule has 1 saturated carbocycles. The van der Waals surface area contributed by atoms with Crippen LogP contribution in [-0.2, 0) is 4.79 Å². The summed E-state index contributed by atoms with van der Waals surface area (Å²) in [6, 6.07) is 0.552. The van der Waals surface area contributed by atoms with Crippen LogP contribution in [0.3, 0.4) is 0 Å². The average molecular weight is 286 g/mol. The van der Waals surface area contributed by atoms with Crippen molar-refractivity contribution < 1.29 is 9.53 Å². The van der Waals surface area contributed by atoms with Gasteiger partial charge in [0, 0.05) is 19.0 Å². The maximum absolute atomic E-state index is 11.5. The van der Waals surface area contributed by atoms with E-state index in [1.807, 2.05) is 6.92 Å². The molecule has 0 saturated heterocycles. The third-order valence-electron chi connectivity index (χ3n) is 2.44. The van der Waals surface area contributed by atoms with E-state index in [4.69, 9.17) is 16.3 Å². The van der Waals surface area contributed by atoms with Gasteiger partial charge < -0.3 is 15.4 Å². The molecule has 8 heteroatoms. The summed E-state index contributed by atoms with van der Waals surface area (Å²) in [6.07, 6.45) is 2.53. The van der Waals surface area contributed by atoms with Gasteiger partial charge in [0.2, 0.25) is 17.1 Å². The fourth-order valence-corrected chi connectivity index (χ4v) is 1.57. The number of anilines is 1. The van der Waals surface area contributed by atoms with Crippen LogP contribution >= 0.6 is 11.6 Å². The van der Waals surface area contributed by atoms with Crippen molar-refractivity contribution >= 4 is 23.5 Å². The van der Waals surface area contributed by atoms with Crippen molar-refractivity contribution in [1.29, 1.82) is 0 Å². The molecule has 1 aromatic rings. The second-order valence-corrected chi connectivity index (χ2v) is 4.50. The van der Waals surface area contributed by atoms with Gasteiger partial charge in [-0.3, -0.25) is 4.79 Å². The van der Waals surface area contributed by atoms with Crippen LogP contribution in [0.15, 0.2) is 0 Å². The number of carbonyl (C=O) groups excluding carboxylic acids is 1. The van der Waals surface area contributed by atoms with Gasteiger partial charge >= 0.3 is 6.01 Å². The average Bonchev–Trinajstić information content (AvgIpc) is 3.12. The van der Waals surface area contributed by atoms with Crippen LogP contribution in [0.25, 0.3) is 0 Å². The second kappa shape index (κ2) is 6.51. The van der Waals surface area contributed by atoms with E-state index in [0.717, 1.165) is 12.8 Å². The summed E-state index contributed by atoms with van der Waals surface area (Å²) < 4.78 is 5.15. The number of halogens is 1. The third kappa shape index (κ3) is 4.86. The molecule has 0 aliphatic heterocycles. The van der Waals surface area contributed by atoms with Crippen LogP contribution in [0.4, 0.5) is 5.95 Å². The zero-order valence-corrected chi connectivity index (χ0v) is 11.4. The van der Waals surface area contributed by atoms with E-state index in [1.54, 1.807) is 0 Å². The predicted molar refractivity (Wildman–Crippen MR) is 70.3 cm³/mol. The first-order valence-corrected chi connectivity index (χ1v) is 6.62. The van der Waals surface area contributed by atoms with Gasteiger partial charge in [0.15, 0.2) is 0 Å². The maximum atomic E-state index is 11.5. The number of aromatic nitrogens is 3. The van der Waals surface area contributed by atoms with Crippen molar-refractivity contribution in [2.45, 2.75) is 32.2 Å². The standard InChI is InChI=1S/C11H16ClN5O2/c1-2-19-11-16-9(12)15-10(17-11)13-6-5-8(18)14-7-3-4-7/h7H,2-6H2,1H3,(H,14,18)(H,13,15,16,17). The fraction of sp³-hybridized carbons (Fsp3) is 0.636. The molecule has 0 aromatic carbocycles. The molecule has 2 rings (SSSR count). The maximum Gasteiger partial charge on any atom is 0.322 e. The van der Waals surface area contributed by atoms with Gasteiger partial charge in [0.05, 0.1) is 6.61 Å². The molecule has 1 heterocycles. The van der Waals surface area contributed by atoms with Crippen LogP contribution in [0.5, 0.6) is 6.01 Å². The summed E-state index contributed by atoms with van der Waals surface area (Å²) in [7, 11) is 0. The molecule has 7 nitrogen and oxygen atoms in total. The molecule has 0 unspecified atom stereocenters. The van der Waals surface area contributed by atoms with E-state index >= 15 is 0 Å². The van der Waals surface area contributed by atoms with Crippen LogP contribution < -0.4 is 15.4 Å². The quantitative estimate of drug-likeness (QED) is 0.777. The number of hydrogen-bond donors (Lipinski definition) is 2. The lowest BCUT2D eigenvalue weighted by Crippen LogP contribution is -2.27. The molecule has 1 aromatic heterocycles. The summed E-state index contributed by atoms with van der Waals surface area (Å²) in [5.41, 5.74) is 0. The van der Waals surface area contributed by atoms with E-state index in [-0.39, 0.29) is 17.2 Å². The normalized spacial score (nSPS) is 14.0. The zero-order chi connectivity index (χ0) is 13.7. The number of carbonyl (C=O) groups is 1. The van der Waals surface area contributed by atoms with Gasteiger partial charge in [-0.1, -0.05) is 0 Å². The van der Waals surface area contributed by atoms with Gasteiger partial charge in [-0.2, -0.15) is 15.0 Å². The van der Waals surface area contributed by atoms with Crippen molar-refractivity contribution in [2.24, 2.45) is 0 Å². The van der Waals surface area contributed by atoms with Gasteiger partial charge in [-0.15, -0.1) is 0 Å². The Labute approximate surface area is 116 Å². The Balaban J connectivity index is 1.79. The SMILES string of the molecule is CCOc1nc(Cl)nc(NCCC(=O)NC2CC2)n1. The molecule has 2 N–H and O–H groups in total. The lowest BCUT2D eigenvalue weighted by molar-refractivity contribution is -0.120. The van der Waals surface area contributed by atoms with Gasteiger partial charge in [-0.25, -0.2) is 0 Å². The molecule has 1 aliphatic rings. The molecular formula is C11H16ClN5O2. The van der Waals surface area contributed by atoms with Crippen molar-refractivity contribution in [3.05, 3.63) is 5.28 Å². The predicted octanol–water partition coefficient (Wildman–Crippen LogP) is 1.00. The number of nitrogens with zero attached hydrogens (tertiary/aromatic N) is 3. The Morgan fingerprint density at radius 2 is 2.21 bits per heavy atom. The number of rotatable bonds is 7. The van der Waals surface area contributed by atoms with Crippen LogP contribution in [0.2, 0.25) is 5.28 Å². The lowest BCUT2D eigenvalue weighted by Gasteiger charge is -2.07. The molecule has 0 atom stereocenters. The summed E-state index contributed by atoms with van der Waals surface area (Å²) >= 11 is 5.74. The molecule has 0 radical (unpaired) electrons. The van der Waals surface area contributed by atoms with Crippen molar-refractivity contribution in [1.82, 2.24) is 20.3 Å². The minimum absolute atomic E-state index is 0.0279. The molecule has 19 heavy (non-hydrogen) atoms. The highest BCUT2D eigenvalue weighted by Gasteiger charge is 2.22. The largest absolute Gasteiger partial charge is 0.464 e. The number of ether oxygens (including phenoxy) is 1. The van der Waals surface area contributed by atoms with E-state index in [1.165, 1.54) is 0 Å². The first-order chi connectivity index (χ1) is 9.17. The monoisotopic (exact) mass is 285 g/mol. The first-order valence-electron chi connectivity index (χ1n) is 6.25. The molecule has 1 amide bonds.